The second-order valence-electron chi connectivity index (χ2n) is 8.20. The highest BCUT2D eigenvalue weighted by atomic mass is 19.4. The molecule has 2 aromatic rings. The summed E-state index contributed by atoms with van der Waals surface area (Å²) in [5.74, 6) is -1.99. The first-order valence-electron chi connectivity index (χ1n) is 10.6. The van der Waals surface area contributed by atoms with Gasteiger partial charge < -0.3 is 20.6 Å². The van der Waals surface area contributed by atoms with Gasteiger partial charge in [0, 0.05) is 43.2 Å². The number of carbonyl (C=O) groups is 2. The van der Waals surface area contributed by atoms with Gasteiger partial charge >= 0.3 is 12.2 Å². The summed E-state index contributed by atoms with van der Waals surface area (Å²) in [6.07, 6.45) is -4.60. The number of alkyl halides is 3. The Bertz CT molecular complexity index is 1080. The van der Waals surface area contributed by atoms with E-state index in [0.717, 1.165) is 6.07 Å². The van der Waals surface area contributed by atoms with Gasteiger partial charge in [-0.2, -0.15) is 18.3 Å². The van der Waals surface area contributed by atoms with Crippen molar-refractivity contribution < 1.29 is 32.3 Å². The van der Waals surface area contributed by atoms with E-state index in [1.54, 1.807) is 4.68 Å². The lowest BCUT2D eigenvalue weighted by molar-refractivity contribution is -0.139. The molecule has 0 fully saturated rings. The van der Waals surface area contributed by atoms with Crippen molar-refractivity contribution in [3.8, 4) is 0 Å². The van der Waals surface area contributed by atoms with Gasteiger partial charge in [-0.3, -0.25) is 9.48 Å². The van der Waals surface area contributed by atoms with Crippen LogP contribution in [0.25, 0.3) is 0 Å². The number of hydrogen-bond donors (Lipinski definition) is 3. The highest BCUT2D eigenvalue weighted by molar-refractivity contribution is 5.95. The van der Waals surface area contributed by atoms with Crippen LogP contribution in [0.5, 0.6) is 0 Å². The molecule has 0 saturated heterocycles. The van der Waals surface area contributed by atoms with E-state index >= 15 is 0 Å². The molecule has 0 radical (unpaired) electrons. The second-order valence-corrected chi connectivity index (χ2v) is 8.20. The fraction of sp³-hybridized carbons (Fsp3) is 0.476. The van der Waals surface area contributed by atoms with Gasteiger partial charge in [-0.05, 0) is 24.6 Å². The molecule has 3 heterocycles. The lowest BCUT2D eigenvalue weighted by Crippen LogP contribution is -2.39. The first-order valence-corrected chi connectivity index (χ1v) is 10.6. The van der Waals surface area contributed by atoms with Crippen LogP contribution in [0.2, 0.25) is 0 Å². The SMILES string of the molecule is CCC(O)C1CNC(=O)c2c3c(nn2C1)CCN(C(=O)Nc1ccc(F)c(C(F)(F)F)c1)C3. The van der Waals surface area contributed by atoms with Gasteiger partial charge in [-0.25, -0.2) is 9.18 Å². The number of fused-ring (bicyclic) bond motifs is 3. The largest absolute Gasteiger partial charge is 0.419 e. The molecule has 1 aromatic carbocycles. The zero-order valence-electron chi connectivity index (χ0n) is 17.7. The van der Waals surface area contributed by atoms with Crippen molar-refractivity contribution in [3.63, 3.8) is 0 Å². The van der Waals surface area contributed by atoms with E-state index in [-0.39, 0.29) is 30.6 Å². The number of amides is 3. The van der Waals surface area contributed by atoms with Crippen molar-refractivity contribution in [2.75, 3.05) is 18.4 Å². The van der Waals surface area contributed by atoms with Crippen LogP contribution in [-0.2, 0) is 25.7 Å². The molecule has 0 spiro atoms. The van der Waals surface area contributed by atoms with Gasteiger partial charge in [0.1, 0.15) is 11.5 Å². The smallest absolute Gasteiger partial charge is 0.393 e. The normalized spacial score (nSPS) is 19.3. The monoisotopic (exact) mass is 469 g/mol. The van der Waals surface area contributed by atoms with E-state index in [0.29, 0.717) is 55.0 Å². The molecule has 178 valence electrons. The molecule has 2 atom stereocenters. The predicted octanol–water partition coefficient (Wildman–Crippen LogP) is 2.76. The summed E-state index contributed by atoms with van der Waals surface area (Å²) in [4.78, 5) is 26.8. The van der Waals surface area contributed by atoms with Crippen LogP contribution in [-0.4, -0.2) is 50.9 Å². The number of benzene rings is 1. The molecule has 2 aliphatic rings. The molecule has 2 aliphatic heterocycles. The van der Waals surface area contributed by atoms with Crippen LogP contribution in [0.1, 0.15) is 40.7 Å². The minimum Gasteiger partial charge on any atom is -0.393 e. The Morgan fingerprint density at radius 3 is 2.85 bits per heavy atom. The Kier molecular flexibility index (Phi) is 6.04. The maximum atomic E-state index is 13.5. The minimum atomic E-state index is -4.89. The van der Waals surface area contributed by atoms with Crippen LogP contribution in [0.15, 0.2) is 18.2 Å². The summed E-state index contributed by atoms with van der Waals surface area (Å²) in [7, 11) is 0. The molecule has 3 N–H and O–H groups in total. The standard InChI is InChI=1S/C21H23F4N5O3/c1-2-17(31)11-8-26-19(32)18-13-10-29(6-5-16(13)28-30(18)9-11)20(33)27-12-3-4-15(22)14(7-12)21(23,24)25/h3-4,7,11,17,31H,2,5-6,8-10H2,1H3,(H,26,32)(H,27,33). The molecule has 0 saturated carbocycles. The number of halogens is 4. The first-order chi connectivity index (χ1) is 15.6. The topological polar surface area (TPSA) is 99.5 Å². The van der Waals surface area contributed by atoms with Gasteiger partial charge in [0.15, 0.2) is 0 Å². The van der Waals surface area contributed by atoms with E-state index in [2.05, 4.69) is 15.7 Å². The molecular formula is C21H23F4N5O3. The van der Waals surface area contributed by atoms with Crippen LogP contribution in [0.3, 0.4) is 0 Å². The van der Waals surface area contributed by atoms with Gasteiger partial charge in [-0.1, -0.05) is 6.92 Å². The summed E-state index contributed by atoms with van der Waals surface area (Å²) in [5.41, 5.74) is -0.117. The third-order valence-corrected chi connectivity index (χ3v) is 6.02. The van der Waals surface area contributed by atoms with Crippen molar-refractivity contribution >= 4 is 17.6 Å². The van der Waals surface area contributed by atoms with E-state index in [1.165, 1.54) is 4.90 Å². The van der Waals surface area contributed by atoms with Crippen LogP contribution in [0, 0.1) is 11.7 Å². The molecule has 2 unspecified atom stereocenters. The Morgan fingerprint density at radius 1 is 1.39 bits per heavy atom. The number of nitrogens with one attached hydrogen (secondary N) is 2. The molecule has 1 aromatic heterocycles. The summed E-state index contributed by atoms with van der Waals surface area (Å²) in [5, 5.41) is 19.9. The zero-order valence-corrected chi connectivity index (χ0v) is 17.7. The second kappa shape index (κ2) is 8.65. The molecule has 8 nitrogen and oxygen atoms in total. The number of carbonyl (C=O) groups excluding carboxylic acids is 2. The average molecular weight is 469 g/mol. The fourth-order valence-electron chi connectivity index (χ4n) is 4.19. The highest BCUT2D eigenvalue weighted by Crippen LogP contribution is 2.33. The Balaban J connectivity index is 1.53. The van der Waals surface area contributed by atoms with Gasteiger partial charge in [-0.15, -0.1) is 0 Å². The Hall–Kier alpha value is -3.15. The van der Waals surface area contributed by atoms with Crippen LogP contribution < -0.4 is 10.6 Å². The molecular weight excluding hydrogens is 446 g/mol. The summed E-state index contributed by atoms with van der Waals surface area (Å²) >= 11 is 0. The van der Waals surface area contributed by atoms with Gasteiger partial charge in [0.2, 0.25) is 0 Å². The van der Waals surface area contributed by atoms with Gasteiger partial charge in [0.25, 0.3) is 5.91 Å². The number of rotatable bonds is 3. The molecule has 4 rings (SSSR count). The van der Waals surface area contributed by atoms with Crippen LogP contribution >= 0.6 is 0 Å². The third kappa shape index (κ3) is 4.52. The first kappa shape index (κ1) is 23.0. The van der Waals surface area contributed by atoms with Crippen molar-refractivity contribution in [2.45, 2.75) is 45.1 Å². The molecule has 33 heavy (non-hydrogen) atoms. The Labute approximate surface area is 186 Å². The summed E-state index contributed by atoms with van der Waals surface area (Å²) in [6, 6.07) is 1.57. The molecule has 12 heteroatoms. The molecule has 3 amide bonds. The van der Waals surface area contributed by atoms with Crippen LogP contribution in [0.4, 0.5) is 28.0 Å². The number of aliphatic hydroxyl groups excluding tert-OH is 1. The lowest BCUT2D eigenvalue weighted by Gasteiger charge is -2.27. The van der Waals surface area contributed by atoms with E-state index in [9.17, 15) is 32.3 Å². The third-order valence-electron chi connectivity index (χ3n) is 6.02. The minimum absolute atomic E-state index is 0.0399. The maximum Gasteiger partial charge on any atom is 0.419 e. The highest BCUT2D eigenvalue weighted by Gasteiger charge is 2.36. The predicted molar refractivity (Wildman–Crippen MR) is 109 cm³/mol. The van der Waals surface area contributed by atoms with Crippen molar-refractivity contribution in [1.29, 1.82) is 0 Å². The number of hydrogen-bond acceptors (Lipinski definition) is 4. The van der Waals surface area contributed by atoms with Crippen molar-refractivity contribution in [2.24, 2.45) is 5.92 Å². The molecule has 0 aliphatic carbocycles. The average Bonchev–Trinajstić information content (AvgIpc) is 3.04. The van der Waals surface area contributed by atoms with Crippen molar-refractivity contribution in [3.05, 3.63) is 46.5 Å². The number of urea groups is 1. The molecule has 0 bridgehead atoms. The van der Waals surface area contributed by atoms with E-state index in [1.807, 2.05) is 6.92 Å². The number of anilines is 1. The van der Waals surface area contributed by atoms with E-state index < -0.39 is 29.7 Å². The summed E-state index contributed by atoms with van der Waals surface area (Å²) < 4.78 is 53.9. The quantitative estimate of drug-likeness (QED) is 0.602. The van der Waals surface area contributed by atoms with Crippen molar-refractivity contribution in [1.82, 2.24) is 20.0 Å². The van der Waals surface area contributed by atoms with E-state index in [4.69, 9.17) is 0 Å². The van der Waals surface area contributed by atoms with Gasteiger partial charge in [0.05, 0.1) is 23.9 Å². The fourth-order valence-corrected chi connectivity index (χ4v) is 4.19. The maximum absolute atomic E-state index is 13.5. The number of aliphatic hydroxyl groups is 1. The zero-order chi connectivity index (χ0) is 23.9. The number of nitrogens with zero attached hydrogens (tertiary/aromatic N) is 3. The lowest BCUT2D eigenvalue weighted by atomic mass is 10.0. The Morgan fingerprint density at radius 2 is 2.15 bits per heavy atom. The number of aromatic nitrogens is 2. The summed E-state index contributed by atoms with van der Waals surface area (Å²) in [6.45, 7) is 2.77.